The normalized spacial score (nSPS) is 10.5. The Hall–Kier alpha value is -2.06. The van der Waals surface area contributed by atoms with Crippen molar-refractivity contribution in [3.8, 4) is 0 Å². The molecule has 0 aliphatic carbocycles. The minimum atomic E-state index is -0.698. The molecule has 3 amide bonds. The molecule has 0 aliphatic rings. The van der Waals surface area contributed by atoms with Crippen LogP contribution in [-0.4, -0.2) is 16.9 Å². The first kappa shape index (κ1) is 17.8. The molecular weight excluding hydrogens is 407 g/mol. The van der Waals surface area contributed by atoms with Crippen molar-refractivity contribution in [1.29, 1.82) is 0 Å². The van der Waals surface area contributed by atoms with E-state index in [1.807, 2.05) is 24.3 Å². The van der Waals surface area contributed by atoms with Crippen molar-refractivity contribution in [3.05, 3.63) is 56.6 Å². The van der Waals surface area contributed by atoms with Gasteiger partial charge in [0.1, 0.15) is 10.0 Å². The Balaban J connectivity index is 1.65. The fraction of sp³-hybridized carbons (Fsp3) is 0. The Morgan fingerprint density at radius 3 is 2.48 bits per heavy atom. The van der Waals surface area contributed by atoms with Crippen LogP contribution in [0.4, 0.5) is 10.5 Å². The first-order chi connectivity index (χ1) is 12.0. The standard InChI is InChI=1S/C15H9Cl3N4O2S/c16-10-6-5-8(13(18)20-10)19-15(24)22-21-14(23)12-11(17)7-3-1-2-4-9(7)25-12/h1-6H,(H,21,23)(H2,19,22,24). The number of hydrogen-bond donors (Lipinski definition) is 3. The molecule has 128 valence electrons. The van der Waals surface area contributed by atoms with Gasteiger partial charge in [0.25, 0.3) is 5.91 Å². The summed E-state index contributed by atoms with van der Waals surface area (Å²) < 4.78 is 0.876. The molecule has 10 heteroatoms. The summed E-state index contributed by atoms with van der Waals surface area (Å²) in [5, 5.41) is 3.78. The van der Waals surface area contributed by atoms with Gasteiger partial charge in [0.2, 0.25) is 0 Å². The number of urea groups is 1. The number of rotatable bonds is 2. The van der Waals surface area contributed by atoms with Crippen LogP contribution in [0.5, 0.6) is 0 Å². The van der Waals surface area contributed by atoms with E-state index < -0.39 is 11.9 Å². The summed E-state index contributed by atoms with van der Waals surface area (Å²) in [5.41, 5.74) is 4.76. The van der Waals surface area contributed by atoms with Crippen LogP contribution < -0.4 is 16.2 Å². The quantitative estimate of drug-likeness (QED) is 0.418. The number of thiophene rings is 1. The van der Waals surface area contributed by atoms with Crippen molar-refractivity contribution in [3.63, 3.8) is 0 Å². The van der Waals surface area contributed by atoms with Gasteiger partial charge in [-0.05, 0) is 18.2 Å². The molecule has 0 saturated heterocycles. The van der Waals surface area contributed by atoms with E-state index in [-0.39, 0.29) is 16.0 Å². The highest BCUT2D eigenvalue weighted by Crippen LogP contribution is 2.34. The maximum atomic E-state index is 12.2. The molecule has 0 saturated carbocycles. The highest BCUT2D eigenvalue weighted by Gasteiger charge is 2.17. The molecule has 0 atom stereocenters. The summed E-state index contributed by atoms with van der Waals surface area (Å²) in [6, 6.07) is 9.63. The van der Waals surface area contributed by atoms with Crippen LogP contribution in [0.1, 0.15) is 9.67 Å². The molecule has 25 heavy (non-hydrogen) atoms. The van der Waals surface area contributed by atoms with Gasteiger partial charge >= 0.3 is 6.03 Å². The van der Waals surface area contributed by atoms with E-state index in [2.05, 4.69) is 21.2 Å². The molecule has 3 aromatic rings. The zero-order valence-electron chi connectivity index (χ0n) is 12.3. The van der Waals surface area contributed by atoms with Crippen molar-refractivity contribution in [2.24, 2.45) is 0 Å². The van der Waals surface area contributed by atoms with E-state index in [0.717, 1.165) is 10.1 Å². The lowest BCUT2D eigenvalue weighted by molar-refractivity contribution is 0.0942. The monoisotopic (exact) mass is 414 g/mol. The lowest BCUT2D eigenvalue weighted by Gasteiger charge is -2.09. The molecule has 3 N–H and O–H groups in total. The molecule has 3 rings (SSSR count). The first-order valence-corrected chi connectivity index (χ1v) is 8.77. The van der Waals surface area contributed by atoms with E-state index >= 15 is 0 Å². The molecule has 0 fully saturated rings. The van der Waals surface area contributed by atoms with Crippen molar-refractivity contribution in [2.45, 2.75) is 0 Å². The summed E-state index contributed by atoms with van der Waals surface area (Å²) in [7, 11) is 0. The third-order valence-electron chi connectivity index (χ3n) is 3.09. The number of nitrogens with zero attached hydrogens (tertiary/aromatic N) is 1. The lowest BCUT2D eigenvalue weighted by atomic mass is 10.2. The van der Waals surface area contributed by atoms with Gasteiger partial charge < -0.3 is 5.32 Å². The molecule has 0 aliphatic heterocycles. The van der Waals surface area contributed by atoms with Crippen LogP contribution in [0.3, 0.4) is 0 Å². The van der Waals surface area contributed by atoms with Crippen molar-refractivity contribution in [1.82, 2.24) is 15.8 Å². The average Bonchev–Trinajstić information content (AvgIpc) is 2.93. The molecule has 0 bridgehead atoms. The molecule has 6 nitrogen and oxygen atoms in total. The Bertz CT molecular complexity index is 977. The van der Waals surface area contributed by atoms with Crippen LogP contribution in [0.2, 0.25) is 15.3 Å². The number of hydrogen-bond acceptors (Lipinski definition) is 4. The number of nitrogens with one attached hydrogen (secondary N) is 3. The molecule has 0 radical (unpaired) electrons. The van der Waals surface area contributed by atoms with Crippen LogP contribution in [-0.2, 0) is 0 Å². The highest BCUT2D eigenvalue weighted by atomic mass is 35.5. The van der Waals surface area contributed by atoms with Crippen LogP contribution in [0.15, 0.2) is 36.4 Å². The number of benzene rings is 1. The predicted octanol–water partition coefficient (Wildman–Crippen LogP) is 4.72. The van der Waals surface area contributed by atoms with Crippen molar-refractivity contribution < 1.29 is 9.59 Å². The molecule has 1 aromatic carbocycles. The summed E-state index contributed by atoms with van der Waals surface area (Å²) in [4.78, 5) is 28.2. The second-order valence-electron chi connectivity index (χ2n) is 4.75. The minimum Gasteiger partial charge on any atom is -0.304 e. The van der Waals surface area contributed by atoms with Gasteiger partial charge in [0.05, 0.1) is 10.7 Å². The van der Waals surface area contributed by atoms with E-state index in [4.69, 9.17) is 34.8 Å². The van der Waals surface area contributed by atoms with E-state index in [1.165, 1.54) is 23.5 Å². The molecule has 0 unspecified atom stereocenters. The fourth-order valence-corrected chi connectivity index (χ4v) is 3.79. The minimum absolute atomic E-state index is 0.0292. The number of pyridine rings is 1. The number of halogens is 3. The predicted molar refractivity (Wildman–Crippen MR) is 101 cm³/mol. The van der Waals surface area contributed by atoms with E-state index in [0.29, 0.717) is 9.90 Å². The van der Waals surface area contributed by atoms with Gasteiger partial charge in [-0.15, -0.1) is 11.3 Å². The fourth-order valence-electron chi connectivity index (χ4n) is 1.99. The second kappa shape index (κ2) is 7.45. The Labute approximate surface area is 161 Å². The molecular formula is C15H9Cl3N4O2S. The van der Waals surface area contributed by atoms with Gasteiger partial charge in [-0.25, -0.2) is 15.2 Å². The number of hydrazine groups is 1. The number of carbonyl (C=O) groups is 2. The number of amides is 3. The third kappa shape index (κ3) is 3.96. The Morgan fingerprint density at radius 2 is 1.76 bits per heavy atom. The van der Waals surface area contributed by atoms with Gasteiger partial charge in [-0.3, -0.25) is 10.2 Å². The summed E-state index contributed by atoms with van der Waals surface area (Å²) in [5.74, 6) is -0.526. The first-order valence-electron chi connectivity index (χ1n) is 6.82. The number of aromatic nitrogens is 1. The Kier molecular flexibility index (Phi) is 5.29. The zero-order chi connectivity index (χ0) is 18.0. The molecule has 2 heterocycles. The summed E-state index contributed by atoms with van der Waals surface area (Å²) in [6.07, 6.45) is 0. The lowest BCUT2D eigenvalue weighted by Crippen LogP contribution is -2.43. The summed E-state index contributed by atoms with van der Waals surface area (Å²) in [6.45, 7) is 0. The molecule has 0 spiro atoms. The number of fused-ring (bicyclic) bond motifs is 1. The summed E-state index contributed by atoms with van der Waals surface area (Å²) >= 11 is 19.0. The highest BCUT2D eigenvalue weighted by molar-refractivity contribution is 7.21. The molecule has 2 aromatic heterocycles. The van der Waals surface area contributed by atoms with Crippen LogP contribution >= 0.6 is 46.1 Å². The van der Waals surface area contributed by atoms with Crippen LogP contribution in [0.25, 0.3) is 10.1 Å². The maximum Gasteiger partial charge on any atom is 0.338 e. The second-order valence-corrected chi connectivity index (χ2v) is 6.92. The number of carbonyl (C=O) groups excluding carboxylic acids is 2. The largest absolute Gasteiger partial charge is 0.338 e. The third-order valence-corrected chi connectivity index (χ3v) is 5.27. The van der Waals surface area contributed by atoms with Crippen molar-refractivity contribution >= 4 is 73.9 Å². The smallest absolute Gasteiger partial charge is 0.304 e. The SMILES string of the molecule is O=C(NNC(=O)c1sc2ccccc2c1Cl)Nc1ccc(Cl)nc1Cl. The average molecular weight is 416 g/mol. The van der Waals surface area contributed by atoms with E-state index in [9.17, 15) is 9.59 Å². The van der Waals surface area contributed by atoms with Crippen LogP contribution in [0, 0.1) is 0 Å². The Morgan fingerprint density at radius 1 is 1.00 bits per heavy atom. The topological polar surface area (TPSA) is 83.1 Å². The number of anilines is 1. The van der Waals surface area contributed by atoms with Crippen molar-refractivity contribution in [2.75, 3.05) is 5.32 Å². The maximum absolute atomic E-state index is 12.2. The van der Waals surface area contributed by atoms with Gasteiger partial charge in [-0.1, -0.05) is 53.0 Å². The zero-order valence-corrected chi connectivity index (χ0v) is 15.4. The van der Waals surface area contributed by atoms with Gasteiger partial charge in [-0.2, -0.15) is 0 Å². The van der Waals surface area contributed by atoms with E-state index in [1.54, 1.807) is 0 Å². The van der Waals surface area contributed by atoms with Gasteiger partial charge in [0, 0.05) is 10.1 Å². The van der Waals surface area contributed by atoms with Gasteiger partial charge in [0.15, 0.2) is 5.15 Å².